The first kappa shape index (κ1) is 13.8. The smallest absolute Gasteiger partial charge is 0.302 e. The largest absolute Gasteiger partial charge is 0.671 e. The molecule has 0 aliphatic carbocycles. The van der Waals surface area contributed by atoms with Gasteiger partial charge in [-0.05, 0) is 6.42 Å². The van der Waals surface area contributed by atoms with Crippen molar-refractivity contribution in [3.05, 3.63) is 17.9 Å². The monoisotopic (exact) mass is 231 g/mol. The SMILES string of the molecule is CC/C=C/C([NH-])CC(=O)O.[Y]. The molecule has 1 radical (unpaired) electrons. The van der Waals surface area contributed by atoms with Gasteiger partial charge in [0.15, 0.2) is 0 Å². The Bertz CT molecular complexity index is 136. The van der Waals surface area contributed by atoms with E-state index in [0.29, 0.717) is 0 Å². The van der Waals surface area contributed by atoms with Crippen LogP contribution >= 0.6 is 0 Å². The van der Waals surface area contributed by atoms with Gasteiger partial charge >= 0.3 is 5.97 Å². The minimum absolute atomic E-state index is 0. The maximum Gasteiger partial charge on any atom is 0.302 e. The van der Waals surface area contributed by atoms with Crippen LogP contribution in [0.1, 0.15) is 19.8 Å². The van der Waals surface area contributed by atoms with Crippen LogP contribution in [0.5, 0.6) is 0 Å². The molecule has 1 unspecified atom stereocenters. The zero-order chi connectivity index (χ0) is 7.98. The third-order valence-electron chi connectivity index (χ3n) is 0.999. The molecule has 0 saturated heterocycles. The molecular formula is C7H12NO2Y-. The van der Waals surface area contributed by atoms with Crippen LogP contribution in [-0.2, 0) is 37.5 Å². The van der Waals surface area contributed by atoms with Crippen molar-refractivity contribution in [3.63, 3.8) is 0 Å². The van der Waals surface area contributed by atoms with Crippen molar-refractivity contribution in [3.8, 4) is 0 Å². The Morgan fingerprint density at radius 3 is 2.64 bits per heavy atom. The van der Waals surface area contributed by atoms with Crippen molar-refractivity contribution in [2.75, 3.05) is 0 Å². The normalized spacial score (nSPS) is 12.5. The Hall–Kier alpha value is 0.274. The molecule has 3 nitrogen and oxygen atoms in total. The number of rotatable bonds is 4. The molecule has 0 saturated carbocycles. The van der Waals surface area contributed by atoms with E-state index in [1.807, 2.05) is 6.92 Å². The van der Waals surface area contributed by atoms with E-state index in [2.05, 4.69) is 0 Å². The number of hydrogen-bond acceptors (Lipinski definition) is 1. The number of hydrogen-bond donors (Lipinski definition) is 1. The summed E-state index contributed by atoms with van der Waals surface area (Å²) < 4.78 is 0. The molecule has 4 heteroatoms. The molecule has 0 aromatic rings. The summed E-state index contributed by atoms with van der Waals surface area (Å²) in [5, 5.41) is 8.23. The van der Waals surface area contributed by atoms with Crippen molar-refractivity contribution in [2.24, 2.45) is 0 Å². The molecule has 0 aromatic carbocycles. The number of aliphatic carboxylic acids is 1. The van der Waals surface area contributed by atoms with E-state index in [-0.39, 0.29) is 39.1 Å². The summed E-state index contributed by atoms with van der Waals surface area (Å²) in [5.41, 5.74) is 7.14. The molecule has 1 atom stereocenters. The Balaban J connectivity index is 0. The number of carboxylic acids is 1. The molecule has 0 aliphatic rings. The average molecular weight is 231 g/mol. The standard InChI is InChI=1S/C7H12NO2.Y/c1-2-3-4-6(8)5-7(9)10;/h3-4,6,8H,2,5H2,1H3,(H,9,10);/q-1;/b4-3+;. The van der Waals surface area contributed by atoms with Crippen LogP contribution in [0.2, 0.25) is 0 Å². The molecule has 0 spiro atoms. The number of carboxylic acid groups (broad SMARTS) is 1. The van der Waals surface area contributed by atoms with E-state index in [0.717, 1.165) is 6.42 Å². The van der Waals surface area contributed by atoms with Gasteiger partial charge < -0.3 is 10.8 Å². The van der Waals surface area contributed by atoms with Crippen molar-refractivity contribution >= 4 is 5.97 Å². The number of allylic oxidation sites excluding steroid dienone is 1. The van der Waals surface area contributed by atoms with E-state index in [1.165, 1.54) is 0 Å². The van der Waals surface area contributed by atoms with E-state index in [9.17, 15) is 4.79 Å². The quantitative estimate of drug-likeness (QED) is 0.750. The Morgan fingerprint density at radius 1 is 1.73 bits per heavy atom. The molecule has 0 amide bonds. The maximum atomic E-state index is 10.0. The molecular weight excluding hydrogens is 219 g/mol. The molecule has 0 bridgehead atoms. The maximum absolute atomic E-state index is 10.0. The number of nitrogens with one attached hydrogen (secondary N) is 1. The van der Waals surface area contributed by atoms with Gasteiger partial charge in [0, 0.05) is 39.1 Å². The van der Waals surface area contributed by atoms with Gasteiger partial charge in [0.05, 0.1) is 0 Å². The van der Waals surface area contributed by atoms with Gasteiger partial charge in [-0.3, -0.25) is 4.79 Å². The minimum Gasteiger partial charge on any atom is -0.671 e. The van der Waals surface area contributed by atoms with Crippen molar-refractivity contribution in [1.29, 1.82) is 0 Å². The minimum atomic E-state index is -0.916. The summed E-state index contributed by atoms with van der Waals surface area (Å²) in [5.74, 6) is -0.916. The third-order valence-corrected chi connectivity index (χ3v) is 0.999. The summed E-state index contributed by atoms with van der Waals surface area (Å²) in [6.45, 7) is 1.95. The van der Waals surface area contributed by atoms with Gasteiger partial charge in [-0.2, -0.15) is 0 Å². The number of carbonyl (C=O) groups is 1. The molecule has 0 fully saturated rings. The molecule has 0 rings (SSSR count). The van der Waals surface area contributed by atoms with Crippen molar-refractivity contribution in [2.45, 2.75) is 25.8 Å². The van der Waals surface area contributed by atoms with E-state index in [1.54, 1.807) is 12.2 Å². The molecule has 11 heavy (non-hydrogen) atoms. The summed E-state index contributed by atoms with van der Waals surface area (Å²) in [6.07, 6.45) is 4.17. The van der Waals surface area contributed by atoms with Crippen LogP contribution in [-0.4, -0.2) is 17.1 Å². The second kappa shape index (κ2) is 8.37. The molecule has 61 valence electrons. The fourth-order valence-corrected chi connectivity index (χ4v) is 0.557. The Morgan fingerprint density at radius 2 is 2.27 bits per heavy atom. The Kier molecular flexibility index (Phi) is 10.5. The van der Waals surface area contributed by atoms with Crippen LogP contribution in [0.3, 0.4) is 0 Å². The predicted molar refractivity (Wildman–Crippen MR) is 39.8 cm³/mol. The van der Waals surface area contributed by atoms with Gasteiger partial charge in [-0.25, -0.2) is 0 Å². The molecule has 2 N–H and O–H groups in total. The summed E-state index contributed by atoms with van der Waals surface area (Å²) in [6, 6.07) is -0.586. The second-order valence-electron chi connectivity index (χ2n) is 2.04. The fraction of sp³-hybridized carbons (Fsp3) is 0.571. The van der Waals surface area contributed by atoms with E-state index < -0.39 is 12.0 Å². The van der Waals surface area contributed by atoms with Crippen molar-refractivity contribution < 1.29 is 42.6 Å². The first-order valence-electron chi connectivity index (χ1n) is 3.26. The first-order valence-corrected chi connectivity index (χ1v) is 3.26. The van der Waals surface area contributed by atoms with Crippen LogP contribution in [0.4, 0.5) is 0 Å². The van der Waals surface area contributed by atoms with Gasteiger partial charge in [0.2, 0.25) is 0 Å². The van der Waals surface area contributed by atoms with Gasteiger partial charge in [0.1, 0.15) is 0 Å². The van der Waals surface area contributed by atoms with Crippen molar-refractivity contribution in [1.82, 2.24) is 0 Å². The topological polar surface area (TPSA) is 61.1 Å². The second-order valence-corrected chi connectivity index (χ2v) is 2.04. The van der Waals surface area contributed by atoms with Crippen LogP contribution in [0.15, 0.2) is 12.2 Å². The predicted octanol–water partition coefficient (Wildman–Crippen LogP) is 1.85. The van der Waals surface area contributed by atoms with Crippen LogP contribution in [0.25, 0.3) is 5.73 Å². The summed E-state index contributed by atoms with van der Waals surface area (Å²) in [4.78, 5) is 10.0. The average Bonchev–Trinajstić information content (AvgIpc) is 1.82. The summed E-state index contributed by atoms with van der Waals surface area (Å²) in [7, 11) is 0. The van der Waals surface area contributed by atoms with Gasteiger partial charge in [-0.15, -0.1) is 12.1 Å². The fourth-order valence-electron chi connectivity index (χ4n) is 0.557. The van der Waals surface area contributed by atoms with Crippen LogP contribution in [0, 0.1) is 0 Å². The zero-order valence-corrected chi connectivity index (χ0v) is 9.42. The molecule has 0 heterocycles. The van der Waals surface area contributed by atoms with E-state index in [4.69, 9.17) is 10.8 Å². The molecule has 0 aromatic heterocycles. The third kappa shape index (κ3) is 10.3. The van der Waals surface area contributed by atoms with Gasteiger partial charge in [-0.1, -0.05) is 13.0 Å². The molecule has 0 aliphatic heterocycles. The zero-order valence-electron chi connectivity index (χ0n) is 6.58. The summed E-state index contributed by atoms with van der Waals surface area (Å²) >= 11 is 0. The van der Waals surface area contributed by atoms with E-state index >= 15 is 0 Å². The first-order chi connectivity index (χ1) is 4.66. The van der Waals surface area contributed by atoms with Crippen LogP contribution < -0.4 is 0 Å². The van der Waals surface area contributed by atoms with Gasteiger partial charge in [0.25, 0.3) is 0 Å². The Labute approximate surface area is 91.9 Å².